The van der Waals surface area contributed by atoms with Crippen molar-refractivity contribution < 1.29 is 19.4 Å². The molecule has 1 amide bonds. The molecule has 0 saturated carbocycles. The van der Waals surface area contributed by atoms with E-state index in [2.05, 4.69) is 5.32 Å². The van der Waals surface area contributed by atoms with Crippen LogP contribution in [0.15, 0.2) is 12.1 Å². The van der Waals surface area contributed by atoms with Crippen LogP contribution in [0.4, 0.5) is 11.4 Å². The van der Waals surface area contributed by atoms with Crippen molar-refractivity contribution in [2.24, 2.45) is 0 Å². The number of anilines is 1. The number of amides is 1. The first-order chi connectivity index (χ1) is 9.97. The second kappa shape index (κ2) is 6.64. The molecular formula is C14H20N3O4+. The van der Waals surface area contributed by atoms with Crippen molar-refractivity contribution in [3.05, 3.63) is 33.4 Å². The molecule has 0 aromatic heterocycles. The van der Waals surface area contributed by atoms with E-state index in [4.69, 9.17) is 4.74 Å². The average molecular weight is 294 g/mol. The molecule has 114 valence electrons. The molecule has 0 bridgehead atoms. The number of nitrogens with one attached hydrogen (secondary N) is 2. The lowest BCUT2D eigenvalue weighted by molar-refractivity contribution is -0.899. The Labute approximate surface area is 123 Å². The topological polar surface area (TPSA) is 85.9 Å². The van der Waals surface area contributed by atoms with Gasteiger partial charge in [-0.05, 0) is 31.0 Å². The average Bonchev–Trinajstić information content (AvgIpc) is 2.43. The highest BCUT2D eigenvalue weighted by atomic mass is 16.6. The fourth-order valence-electron chi connectivity index (χ4n) is 2.31. The van der Waals surface area contributed by atoms with E-state index in [1.807, 2.05) is 13.8 Å². The number of benzene rings is 1. The van der Waals surface area contributed by atoms with Crippen LogP contribution in [0.1, 0.15) is 11.1 Å². The number of nitrogens with zero attached hydrogens (tertiary/aromatic N) is 1. The van der Waals surface area contributed by atoms with Crippen molar-refractivity contribution in [1.29, 1.82) is 0 Å². The van der Waals surface area contributed by atoms with Crippen LogP contribution in [0.3, 0.4) is 0 Å². The molecule has 0 atom stereocenters. The fraction of sp³-hybridized carbons (Fsp3) is 0.500. The highest BCUT2D eigenvalue weighted by molar-refractivity contribution is 5.94. The second-order valence-electron chi connectivity index (χ2n) is 5.30. The maximum Gasteiger partial charge on any atom is 0.293 e. The molecule has 1 aliphatic heterocycles. The molecule has 1 aromatic carbocycles. The SMILES string of the molecule is Cc1cc(NC(=O)C[NH+]2CCOCC2)c([N+](=O)[O-])cc1C. The van der Waals surface area contributed by atoms with E-state index in [1.54, 1.807) is 6.07 Å². The molecule has 0 aliphatic carbocycles. The summed E-state index contributed by atoms with van der Waals surface area (Å²) in [5.74, 6) is -0.210. The third-order valence-electron chi connectivity index (χ3n) is 3.69. The van der Waals surface area contributed by atoms with E-state index in [1.165, 1.54) is 6.07 Å². The molecule has 2 rings (SSSR count). The molecule has 7 heteroatoms. The van der Waals surface area contributed by atoms with Crippen LogP contribution in [0.5, 0.6) is 0 Å². The van der Waals surface area contributed by atoms with Gasteiger partial charge in [0.2, 0.25) is 0 Å². The molecule has 1 fully saturated rings. The van der Waals surface area contributed by atoms with E-state index >= 15 is 0 Å². The van der Waals surface area contributed by atoms with Crippen LogP contribution in [-0.2, 0) is 9.53 Å². The van der Waals surface area contributed by atoms with Gasteiger partial charge in [-0.25, -0.2) is 0 Å². The van der Waals surface area contributed by atoms with Gasteiger partial charge in [-0.1, -0.05) is 0 Å². The smallest absolute Gasteiger partial charge is 0.293 e. The summed E-state index contributed by atoms with van der Waals surface area (Å²) >= 11 is 0. The molecule has 1 aromatic rings. The third-order valence-corrected chi connectivity index (χ3v) is 3.69. The van der Waals surface area contributed by atoms with Crippen LogP contribution in [-0.4, -0.2) is 43.7 Å². The second-order valence-corrected chi connectivity index (χ2v) is 5.30. The van der Waals surface area contributed by atoms with Crippen LogP contribution >= 0.6 is 0 Å². The number of hydrogen-bond donors (Lipinski definition) is 2. The Hall–Kier alpha value is -1.99. The zero-order chi connectivity index (χ0) is 15.4. The minimum absolute atomic E-state index is 0.0663. The van der Waals surface area contributed by atoms with Crippen molar-refractivity contribution in [2.45, 2.75) is 13.8 Å². The summed E-state index contributed by atoms with van der Waals surface area (Å²) in [5.41, 5.74) is 1.94. The van der Waals surface area contributed by atoms with Gasteiger partial charge in [0.05, 0.1) is 18.1 Å². The number of carbonyl (C=O) groups excluding carboxylic acids is 1. The largest absolute Gasteiger partial charge is 0.370 e. The lowest BCUT2D eigenvalue weighted by Gasteiger charge is -2.23. The van der Waals surface area contributed by atoms with Gasteiger partial charge < -0.3 is 15.0 Å². The van der Waals surface area contributed by atoms with Gasteiger partial charge in [-0.15, -0.1) is 0 Å². The van der Waals surface area contributed by atoms with Crippen molar-refractivity contribution in [3.8, 4) is 0 Å². The van der Waals surface area contributed by atoms with Gasteiger partial charge >= 0.3 is 0 Å². The highest BCUT2D eigenvalue weighted by Gasteiger charge is 2.21. The normalized spacial score (nSPS) is 15.7. The standard InChI is InChI=1S/C14H19N3O4/c1-10-7-12(13(17(19)20)8-11(10)2)15-14(18)9-16-3-5-21-6-4-16/h7-8H,3-6,9H2,1-2H3,(H,15,18)/p+1. The lowest BCUT2D eigenvalue weighted by Crippen LogP contribution is -3.15. The number of hydrogen-bond acceptors (Lipinski definition) is 4. The molecule has 0 unspecified atom stereocenters. The van der Waals surface area contributed by atoms with Crippen LogP contribution in [0, 0.1) is 24.0 Å². The van der Waals surface area contributed by atoms with Crippen LogP contribution < -0.4 is 10.2 Å². The summed E-state index contributed by atoms with van der Waals surface area (Å²) in [6.45, 7) is 6.82. The Morgan fingerprint density at radius 1 is 1.33 bits per heavy atom. The molecule has 1 saturated heterocycles. The van der Waals surface area contributed by atoms with Crippen molar-refractivity contribution in [2.75, 3.05) is 38.2 Å². The number of nitro groups is 1. The fourth-order valence-corrected chi connectivity index (χ4v) is 2.31. The number of rotatable bonds is 4. The van der Waals surface area contributed by atoms with Gasteiger partial charge in [-0.2, -0.15) is 0 Å². The molecule has 0 radical (unpaired) electrons. The lowest BCUT2D eigenvalue weighted by atomic mass is 10.1. The number of ether oxygens (including phenoxy) is 1. The number of nitro benzene ring substituents is 1. The predicted molar refractivity (Wildman–Crippen MR) is 77.6 cm³/mol. The summed E-state index contributed by atoms with van der Waals surface area (Å²) < 4.78 is 5.24. The zero-order valence-electron chi connectivity index (χ0n) is 12.3. The summed E-state index contributed by atoms with van der Waals surface area (Å²) in [6, 6.07) is 3.15. The van der Waals surface area contributed by atoms with Gasteiger partial charge in [0.1, 0.15) is 18.8 Å². The van der Waals surface area contributed by atoms with Crippen molar-refractivity contribution >= 4 is 17.3 Å². The minimum atomic E-state index is -0.469. The van der Waals surface area contributed by atoms with E-state index in [9.17, 15) is 14.9 Å². The maximum atomic E-state index is 12.1. The van der Waals surface area contributed by atoms with E-state index in [-0.39, 0.29) is 17.3 Å². The number of quaternary nitrogens is 1. The zero-order valence-corrected chi connectivity index (χ0v) is 12.3. The molecule has 7 nitrogen and oxygen atoms in total. The monoisotopic (exact) mass is 294 g/mol. The first-order valence-corrected chi connectivity index (χ1v) is 6.94. The summed E-state index contributed by atoms with van der Waals surface area (Å²) in [4.78, 5) is 23.8. The quantitative estimate of drug-likeness (QED) is 0.607. The van der Waals surface area contributed by atoms with E-state index < -0.39 is 4.92 Å². The Balaban J connectivity index is 2.09. The summed E-state index contributed by atoms with van der Waals surface area (Å²) in [6.07, 6.45) is 0. The minimum Gasteiger partial charge on any atom is -0.370 e. The highest BCUT2D eigenvalue weighted by Crippen LogP contribution is 2.27. The van der Waals surface area contributed by atoms with Crippen LogP contribution in [0.25, 0.3) is 0 Å². The number of aryl methyl sites for hydroxylation is 2. The number of carbonyl (C=O) groups is 1. The summed E-state index contributed by atoms with van der Waals surface area (Å²) in [5, 5.41) is 13.8. The Kier molecular flexibility index (Phi) is 4.87. The van der Waals surface area contributed by atoms with Crippen molar-refractivity contribution in [1.82, 2.24) is 0 Å². The van der Waals surface area contributed by atoms with E-state index in [0.29, 0.717) is 19.8 Å². The predicted octanol–water partition coefficient (Wildman–Crippen LogP) is 0.0652. The van der Waals surface area contributed by atoms with Crippen molar-refractivity contribution in [3.63, 3.8) is 0 Å². The Morgan fingerprint density at radius 2 is 1.95 bits per heavy atom. The van der Waals surface area contributed by atoms with Gasteiger partial charge in [-0.3, -0.25) is 14.9 Å². The van der Waals surface area contributed by atoms with Gasteiger partial charge in [0.25, 0.3) is 11.6 Å². The van der Waals surface area contributed by atoms with Gasteiger partial charge in [0, 0.05) is 6.07 Å². The molecule has 1 heterocycles. The molecule has 1 aliphatic rings. The molecular weight excluding hydrogens is 274 g/mol. The summed E-state index contributed by atoms with van der Waals surface area (Å²) in [7, 11) is 0. The first kappa shape index (κ1) is 15.4. The first-order valence-electron chi connectivity index (χ1n) is 6.94. The molecule has 0 spiro atoms. The third kappa shape index (κ3) is 3.99. The maximum absolute atomic E-state index is 12.1. The molecule has 21 heavy (non-hydrogen) atoms. The number of morpholine rings is 1. The Morgan fingerprint density at radius 3 is 2.57 bits per heavy atom. The van der Waals surface area contributed by atoms with Gasteiger partial charge in [0.15, 0.2) is 6.54 Å². The molecule has 2 N–H and O–H groups in total. The van der Waals surface area contributed by atoms with Crippen LogP contribution in [0.2, 0.25) is 0 Å². The Bertz CT molecular complexity index is 553. The van der Waals surface area contributed by atoms with E-state index in [0.717, 1.165) is 29.1 Å².